The number of allylic oxidation sites excluding steroid dienone is 1. The minimum atomic E-state index is -4.45. The summed E-state index contributed by atoms with van der Waals surface area (Å²) in [6.07, 6.45) is -2.29. The third-order valence-electron chi connectivity index (χ3n) is 2.15. The van der Waals surface area contributed by atoms with Crippen LogP contribution in [-0.2, 0) is 0 Å². The molecule has 1 N–H and O–H groups in total. The van der Waals surface area contributed by atoms with Crippen LogP contribution in [0.4, 0.5) is 23.4 Å². The molecule has 0 spiro atoms. The van der Waals surface area contributed by atoms with Gasteiger partial charge >= 0.3 is 17.6 Å². The first-order chi connectivity index (χ1) is 8.45. The van der Waals surface area contributed by atoms with E-state index < -0.39 is 17.8 Å². The van der Waals surface area contributed by atoms with Crippen molar-refractivity contribution < 1.29 is 17.6 Å². The van der Waals surface area contributed by atoms with Gasteiger partial charge in [0.1, 0.15) is 12.4 Å². The quantitative estimate of drug-likeness (QED) is 0.509. The smallest absolute Gasteiger partial charge is 0.359 e. The van der Waals surface area contributed by atoms with Crippen LogP contribution in [0.5, 0.6) is 0 Å². The molecule has 1 aliphatic rings. The highest BCUT2D eigenvalue weighted by Gasteiger charge is 2.45. The van der Waals surface area contributed by atoms with E-state index in [-0.39, 0.29) is 18.1 Å². The Morgan fingerprint density at radius 3 is 2.61 bits per heavy atom. The Morgan fingerprint density at radius 2 is 2.00 bits per heavy atom. The van der Waals surface area contributed by atoms with Crippen molar-refractivity contribution in [3.63, 3.8) is 0 Å². The average molecular weight is 258 g/mol. The molecule has 0 amide bonds. The fourth-order valence-electron chi connectivity index (χ4n) is 1.35. The lowest BCUT2D eigenvalue weighted by atomic mass is 10.3. The van der Waals surface area contributed by atoms with Gasteiger partial charge < -0.3 is 5.32 Å². The summed E-state index contributed by atoms with van der Waals surface area (Å²) in [5.41, 5.74) is -0.722. The lowest BCUT2D eigenvalue weighted by molar-refractivity contribution is -0.0577. The van der Waals surface area contributed by atoms with Crippen LogP contribution in [0.3, 0.4) is 0 Å². The number of rotatable bonds is 3. The van der Waals surface area contributed by atoms with E-state index >= 15 is 0 Å². The second-order valence-electron chi connectivity index (χ2n) is 3.52. The zero-order valence-electron chi connectivity index (χ0n) is 9.00. The van der Waals surface area contributed by atoms with Crippen molar-refractivity contribution in [3.05, 3.63) is 36.3 Å². The van der Waals surface area contributed by atoms with Crippen molar-refractivity contribution in [2.45, 2.75) is 6.18 Å². The van der Waals surface area contributed by atoms with E-state index in [1.54, 1.807) is 0 Å². The summed E-state index contributed by atoms with van der Waals surface area (Å²) in [7, 11) is 0. The molecule has 1 aromatic heterocycles. The molecule has 1 aromatic rings. The van der Waals surface area contributed by atoms with Gasteiger partial charge in [0.05, 0.1) is 0 Å². The number of pyridine rings is 1. The first-order valence-electron chi connectivity index (χ1n) is 5.01. The summed E-state index contributed by atoms with van der Waals surface area (Å²) >= 11 is 0. The molecular formula is C11H8F4N3+. The molecule has 0 saturated carbocycles. The Labute approximate surface area is 99.6 Å². The Balaban J connectivity index is 2.05. The van der Waals surface area contributed by atoms with E-state index in [4.69, 9.17) is 0 Å². The summed E-state index contributed by atoms with van der Waals surface area (Å²) < 4.78 is 53.0. The summed E-state index contributed by atoms with van der Waals surface area (Å²) in [5, 5.41) is 2.69. The molecule has 2 heterocycles. The van der Waals surface area contributed by atoms with Crippen LogP contribution in [0, 0.1) is 5.95 Å². The molecule has 0 atom stereocenters. The van der Waals surface area contributed by atoms with Gasteiger partial charge in [-0.15, -0.1) is 0 Å². The van der Waals surface area contributed by atoms with E-state index in [1.807, 2.05) is 0 Å². The molecule has 0 saturated heterocycles. The molecule has 18 heavy (non-hydrogen) atoms. The molecule has 0 radical (unpaired) electrons. The van der Waals surface area contributed by atoms with Crippen molar-refractivity contribution in [2.75, 3.05) is 11.9 Å². The number of hydrogen-bond donors (Lipinski definition) is 1. The minimum Gasteiger partial charge on any atom is -0.359 e. The summed E-state index contributed by atoms with van der Waals surface area (Å²) in [6, 6.07) is 4.13. The maximum absolute atomic E-state index is 12.7. The molecule has 0 fully saturated rings. The number of hydrogen-bond acceptors (Lipinski definition) is 2. The molecule has 0 aliphatic carbocycles. The topological polar surface area (TPSA) is 39.0 Å². The molecule has 0 aromatic carbocycles. The van der Waals surface area contributed by atoms with Gasteiger partial charge in [-0.1, -0.05) is 10.7 Å². The van der Waals surface area contributed by atoms with E-state index in [1.165, 1.54) is 24.3 Å². The van der Waals surface area contributed by atoms with E-state index in [0.29, 0.717) is 0 Å². The SMILES string of the molecule is Fc1cccc(NCC2=[N+]=C(C(F)(F)F)C=C2)n1. The van der Waals surface area contributed by atoms with E-state index in [9.17, 15) is 17.6 Å². The molecule has 94 valence electrons. The predicted octanol–water partition coefficient (Wildman–Crippen LogP) is 1.71. The second kappa shape index (κ2) is 4.62. The number of anilines is 1. The molecule has 2 rings (SSSR count). The number of nitrogens with one attached hydrogen (secondary N) is 1. The maximum Gasteiger partial charge on any atom is 0.495 e. The van der Waals surface area contributed by atoms with Gasteiger partial charge in [-0.25, -0.2) is 4.98 Å². The van der Waals surface area contributed by atoms with Crippen molar-refractivity contribution >= 4 is 17.2 Å². The highest BCUT2D eigenvalue weighted by atomic mass is 19.4. The van der Waals surface area contributed by atoms with Crippen molar-refractivity contribution in [1.82, 2.24) is 9.65 Å². The van der Waals surface area contributed by atoms with Crippen LogP contribution < -0.4 is 9.98 Å². The van der Waals surface area contributed by atoms with E-state index in [2.05, 4.69) is 15.0 Å². The zero-order chi connectivity index (χ0) is 13.2. The fraction of sp³-hybridized carbons (Fsp3) is 0.182. The zero-order valence-corrected chi connectivity index (χ0v) is 9.00. The standard InChI is InChI=1S/C11H8F4N3/c12-9-2-1-3-10(18-9)16-6-7-4-5-8(17-7)11(13,14)15/h1-5H,6H2,(H,16,18)/q+1. The van der Waals surface area contributed by atoms with Gasteiger partial charge in [0.2, 0.25) is 5.95 Å². The predicted molar refractivity (Wildman–Crippen MR) is 60.0 cm³/mol. The molecule has 0 unspecified atom stereocenters. The van der Waals surface area contributed by atoms with Gasteiger partial charge in [-0.3, -0.25) is 0 Å². The number of halogens is 4. The lowest BCUT2D eigenvalue weighted by Gasteiger charge is -1.99. The number of nitrogens with zero attached hydrogens (tertiary/aromatic N) is 2. The highest BCUT2D eigenvalue weighted by molar-refractivity contribution is 6.13. The third kappa shape index (κ3) is 2.95. The van der Waals surface area contributed by atoms with Crippen LogP contribution in [0.2, 0.25) is 0 Å². The Hall–Kier alpha value is -2.14. The summed E-state index contributed by atoms with van der Waals surface area (Å²) in [4.78, 5) is 3.52. The first-order valence-corrected chi connectivity index (χ1v) is 5.01. The summed E-state index contributed by atoms with van der Waals surface area (Å²) in [5.74, 6) is -0.419. The Kier molecular flexibility index (Phi) is 3.16. The van der Waals surface area contributed by atoms with Crippen LogP contribution in [-0.4, -0.2) is 29.1 Å². The van der Waals surface area contributed by atoms with Gasteiger partial charge in [0.15, 0.2) is 0 Å². The largest absolute Gasteiger partial charge is 0.495 e. The average Bonchev–Trinajstić information content (AvgIpc) is 2.74. The van der Waals surface area contributed by atoms with Crippen LogP contribution >= 0.6 is 0 Å². The van der Waals surface area contributed by atoms with Crippen LogP contribution in [0.25, 0.3) is 0 Å². The molecular weight excluding hydrogens is 250 g/mol. The minimum absolute atomic E-state index is 0.0481. The molecule has 3 nitrogen and oxygen atoms in total. The van der Waals surface area contributed by atoms with Crippen molar-refractivity contribution in [2.24, 2.45) is 0 Å². The van der Waals surface area contributed by atoms with Crippen LogP contribution in [0.1, 0.15) is 0 Å². The normalized spacial score (nSPS) is 14.4. The van der Waals surface area contributed by atoms with Gasteiger partial charge in [0, 0.05) is 12.2 Å². The monoisotopic (exact) mass is 258 g/mol. The Bertz CT molecular complexity index is 554. The third-order valence-corrected chi connectivity index (χ3v) is 2.15. The van der Waals surface area contributed by atoms with Crippen LogP contribution in [0.15, 0.2) is 30.4 Å². The highest BCUT2D eigenvalue weighted by Crippen LogP contribution is 2.17. The van der Waals surface area contributed by atoms with Crippen molar-refractivity contribution in [3.8, 4) is 0 Å². The lowest BCUT2D eigenvalue weighted by Crippen LogP contribution is -2.22. The van der Waals surface area contributed by atoms with Gasteiger partial charge in [-0.05, 0) is 12.1 Å². The summed E-state index contributed by atoms with van der Waals surface area (Å²) in [6.45, 7) is 0.0481. The molecule has 1 aliphatic heterocycles. The van der Waals surface area contributed by atoms with Gasteiger partial charge in [0.25, 0.3) is 0 Å². The molecule has 7 heteroatoms. The molecule has 0 bridgehead atoms. The Morgan fingerprint density at radius 1 is 1.22 bits per heavy atom. The second-order valence-corrected chi connectivity index (χ2v) is 3.52. The van der Waals surface area contributed by atoms with E-state index in [0.717, 1.165) is 6.08 Å². The number of alkyl halides is 3. The first kappa shape index (κ1) is 12.3. The maximum atomic E-state index is 12.7. The van der Waals surface area contributed by atoms with Gasteiger partial charge in [-0.2, -0.15) is 17.6 Å². The van der Waals surface area contributed by atoms with Crippen molar-refractivity contribution in [1.29, 1.82) is 0 Å². The number of aromatic nitrogens is 1. The fourth-order valence-corrected chi connectivity index (χ4v) is 1.35.